The zero-order valence-corrected chi connectivity index (χ0v) is 11.7. The van der Waals surface area contributed by atoms with Crippen molar-refractivity contribution >= 4 is 18.3 Å². The van der Waals surface area contributed by atoms with E-state index in [0.29, 0.717) is 26.2 Å². The lowest BCUT2D eigenvalue weighted by Crippen LogP contribution is -2.48. The molecule has 0 aliphatic carbocycles. The predicted octanol–water partition coefficient (Wildman–Crippen LogP) is 1.12. The topological polar surface area (TPSA) is 55.6 Å². The Kier molecular flexibility index (Phi) is 6.32. The zero-order valence-electron chi connectivity index (χ0n) is 10.9. The Bertz CT molecular complexity index is 474. The van der Waals surface area contributed by atoms with Gasteiger partial charge < -0.3 is 15.4 Å². The van der Waals surface area contributed by atoms with E-state index in [2.05, 4.69) is 0 Å². The van der Waals surface area contributed by atoms with E-state index in [1.807, 2.05) is 0 Å². The number of benzene rings is 1. The summed E-state index contributed by atoms with van der Waals surface area (Å²) in [6.07, 6.45) is -0.337. The van der Waals surface area contributed by atoms with Gasteiger partial charge in [0.25, 0.3) is 0 Å². The van der Waals surface area contributed by atoms with Gasteiger partial charge in [-0.05, 0) is 6.07 Å². The summed E-state index contributed by atoms with van der Waals surface area (Å²) >= 11 is 0. The van der Waals surface area contributed by atoms with Crippen molar-refractivity contribution < 1.29 is 18.3 Å². The van der Waals surface area contributed by atoms with Crippen molar-refractivity contribution in [2.75, 3.05) is 26.2 Å². The van der Waals surface area contributed by atoms with Gasteiger partial charge in [0.2, 0.25) is 5.91 Å². The van der Waals surface area contributed by atoms with Crippen LogP contribution in [-0.2, 0) is 16.0 Å². The van der Waals surface area contributed by atoms with Gasteiger partial charge >= 0.3 is 0 Å². The maximum Gasteiger partial charge on any atom is 0.227 e. The van der Waals surface area contributed by atoms with Crippen LogP contribution < -0.4 is 5.73 Å². The highest BCUT2D eigenvalue weighted by atomic mass is 35.5. The number of hydrogen-bond donors (Lipinski definition) is 1. The first kappa shape index (κ1) is 16.8. The minimum Gasteiger partial charge on any atom is -0.373 e. The molecular formula is C13H17ClF2N2O2. The Labute approximate surface area is 122 Å². The Hall–Kier alpha value is -1.24. The van der Waals surface area contributed by atoms with Gasteiger partial charge in [0.05, 0.1) is 19.1 Å². The molecule has 1 atom stereocenters. The molecule has 20 heavy (non-hydrogen) atoms. The average Bonchev–Trinajstić information content (AvgIpc) is 2.44. The van der Waals surface area contributed by atoms with E-state index in [4.69, 9.17) is 10.5 Å². The van der Waals surface area contributed by atoms with Gasteiger partial charge in [-0.2, -0.15) is 0 Å². The van der Waals surface area contributed by atoms with E-state index < -0.39 is 11.6 Å². The normalized spacial score (nSPS) is 18.6. The van der Waals surface area contributed by atoms with E-state index in [1.165, 1.54) is 12.1 Å². The molecule has 1 saturated heterocycles. The highest BCUT2D eigenvalue weighted by Crippen LogP contribution is 2.14. The van der Waals surface area contributed by atoms with Gasteiger partial charge in [0, 0.05) is 25.2 Å². The first-order chi connectivity index (χ1) is 9.11. The fourth-order valence-corrected chi connectivity index (χ4v) is 2.05. The molecule has 112 valence electrons. The number of carbonyl (C=O) groups is 1. The minimum absolute atomic E-state index is 0. The number of rotatable bonds is 3. The number of hydrogen-bond acceptors (Lipinski definition) is 3. The summed E-state index contributed by atoms with van der Waals surface area (Å²) < 4.78 is 31.9. The lowest BCUT2D eigenvalue weighted by atomic mass is 10.1. The number of halogens is 3. The van der Waals surface area contributed by atoms with Crippen LogP contribution in [-0.4, -0.2) is 43.2 Å². The molecule has 1 aromatic rings. The third kappa shape index (κ3) is 3.88. The van der Waals surface area contributed by atoms with Crippen LogP contribution in [0.15, 0.2) is 18.2 Å². The van der Waals surface area contributed by atoms with Crippen molar-refractivity contribution in [3.8, 4) is 0 Å². The van der Waals surface area contributed by atoms with Gasteiger partial charge in [-0.25, -0.2) is 8.78 Å². The van der Waals surface area contributed by atoms with Crippen LogP contribution in [0, 0.1) is 11.6 Å². The first-order valence-corrected chi connectivity index (χ1v) is 6.14. The molecule has 1 aliphatic rings. The number of nitrogens with two attached hydrogens (primary N) is 1. The number of carbonyl (C=O) groups excluding carboxylic acids is 1. The second kappa shape index (κ2) is 7.52. The molecule has 0 bridgehead atoms. The van der Waals surface area contributed by atoms with Crippen LogP contribution in [0.2, 0.25) is 0 Å². The van der Waals surface area contributed by atoms with Crippen LogP contribution in [0.5, 0.6) is 0 Å². The maximum atomic E-state index is 13.5. The van der Waals surface area contributed by atoms with E-state index in [1.54, 1.807) is 4.90 Å². The molecule has 2 N–H and O–H groups in total. The highest BCUT2D eigenvalue weighted by Gasteiger charge is 2.24. The molecule has 1 amide bonds. The third-order valence-corrected chi connectivity index (χ3v) is 3.13. The molecule has 7 heteroatoms. The van der Waals surface area contributed by atoms with E-state index in [-0.39, 0.29) is 36.4 Å². The first-order valence-electron chi connectivity index (χ1n) is 6.14. The smallest absolute Gasteiger partial charge is 0.227 e. The standard InChI is InChI=1S/C13H16F2N2O2.ClH/c14-11-3-1-2-9(13(11)15)6-12(18)17-4-5-19-10(7-16)8-17;/h1-3,10H,4-8,16H2;1H. The number of nitrogens with zero attached hydrogens (tertiary/aromatic N) is 1. The van der Waals surface area contributed by atoms with Gasteiger partial charge in [-0.15, -0.1) is 12.4 Å². The summed E-state index contributed by atoms with van der Waals surface area (Å²) in [5.41, 5.74) is 5.56. The number of ether oxygens (including phenoxy) is 1. The Balaban J connectivity index is 0.00000200. The van der Waals surface area contributed by atoms with Crippen LogP contribution in [0.4, 0.5) is 8.78 Å². The molecule has 0 spiro atoms. The van der Waals surface area contributed by atoms with E-state index in [0.717, 1.165) is 6.07 Å². The molecule has 0 saturated carbocycles. The fraction of sp³-hybridized carbons (Fsp3) is 0.462. The second-order valence-electron chi connectivity index (χ2n) is 4.46. The summed E-state index contributed by atoms with van der Waals surface area (Å²) in [5, 5.41) is 0. The molecule has 1 fully saturated rings. The number of morpholine rings is 1. The van der Waals surface area contributed by atoms with Crippen molar-refractivity contribution in [1.29, 1.82) is 0 Å². The fourth-order valence-electron chi connectivity index (χ4n) is 2.05. The lowest BCUT2D eigenvalue weighted by molar-refractivity contribution is -0.137. The highest BCUT2D eigenvalue weighted by molar-refractivity contribution is 5.85. The Morgan fingerprint density at radius 1 is 1.45 bits per heavy atom. The maximum absolute atomic E-state index is 13.5. The van der Waals surface area contributed by atoms with Crippen molar-refractivity contribution in [2.24, 2.45) is 5.73 Å². The second-order valence-corrected chi connectivity index (χ2v) is 4.46. The Morgan fingerprint density at radius 2 is 2.20 bits per heavy atom. The SMILES string of the molecule is Cl.NCC1CN(C(=O)Cc2cccc(F)c2F)CCO1. The largest absolute Gasteiger partial charge is 0.373 e. The zero-order chi connectivity index (χ0) is 13.8. The summed E-state index contributed by atoms with van der Waals surface area (Å²) in [5.74, 6) is -2.14. The van der Waals surface area contributed by atoms with Gasteiger partial charge in [-0.3, -0.25) is 4.79 Å². The molecule has 0 aromatic heterocycles. The monoisotopic (exact) mass is 306 g/mol. The molecular weight excluding hydrogens is 290 g/mol. The van der Waals surface area contributed by atoms with Crippen LogP contribution in [0.25, 0.3) is 0 Å². The van der Waals surface area contributed by atoms with Crippen LogP contribution >= 0.6 is 12.4 Å². The van der Waals surface area contributed by atoms with Gasteiger partial charge in [-0.1, -0.05) is 12.1 Å². The quantitative estimate of drug-likeness (QED) is 0.910. The summed E-state index contributed by atoms with van der Waals surface area (Å²) in [7, 11) is 0. The molecule has 2 rings (SSSR count). The van der Waals surface area contributed by atoms with E-state index in [9.17, 15) is 13.6 Å². The average molecular weight is 307 g/mol. The molecule has 1 unspecified atom stereocenters. The van der Waals surface area contributed by atoms with Crippen LogP contribution in [0.1, 0.15) is 5.56 Å². The number of amides is 1. The molecule has 1 aliphatic heterocycles. The predicted molar refractivity (Wildman–Crippen MR) is 72.7 cm³/mol. The van der Waals surface area contributed by atoms with Crippen molar-refractivity contribution in [2.45, 2.75) is 12.5 Å². The van der Waals surface area contributed by atoms with E-state index >= 15 is 0 Å². The molecule has 4 nitrogen and oxygen atoms in total. The van der Waals surface area contributed by atoms with Crippen molar-refractivity contribution in [3.05, 3.63) is 35.4 Å². The Morgan fingerprint density at radius 3 is 2.90 bits per heavy atom. The minimum atomic E-state index is -0.959. The summed E-state index contributed by atoms with van der Waals surface area (Å²) in [6, 6.07) is 3.84. The van der Waals surface area contributed by atoms with Gasteiger partial charge in [0.15, 0.2) is 11.6 Å². The molecule has 0 radical (unpaired) electrons. The van der Waals surface area contributed by atoms with Crippen molar-refractivity contribution in [3.63, 3.8) is 0 Å². The lowest BCUT2D eigenvalue weighted by Gasteiger charge is -2.32. The summed E-state index contributed by atoms with van der Waals surface area (Å²) in [6.45, 7) is 1.59. The molecule has 1 heterocycles. The summed E-state index contributed by atoms with van der Waals surface area (Å²) in [4.78, 5) is 13.6. The van der Waals surface area contributed by atoms with Crippen LogP contribution in [0.3, 0.4) is 0 Å². The third-order valence-electron chi connectivity index (χ3n) is 3.13. The van der Waals surface area contributed by atoms with Gasteiger partial charge in [0.1, 0.15) is 0 Å². The van der Waals surface area contributed by atoms with Crippen molar-refractivity contribution in [1.82, 2.24) is 4.90 Å². The molecule has 1 aromatic carbocycles.